The van der Waals surface area contributed by atoms with Gasteiger partial charge >= 0.3 is 6.09 Å². The molecule has 1 aliphatic heterocycles. The number of aryl methyl sites for hydroxylation is 1. The Bertz CT molecular complexity index is 742. The molecule has 2 amide bonds. The molecule has 1 heterocycles. The Hall–Kier alpha value is -2.44. The SMILES string of the molecule is CC(CNC(=O)OC(C)(C)C)C(=O)NC(CCc1ccc2c(c1)OCCCO2)C(C)C. The van der Waals surface area contributed by atoms with Gasteiger partial charge in [-0.3, -0.25) is 4.79 Å². The van der Waals surface area contributed by atoms with E-state index in [-0.39, 0.29) is 30.3 Å². The van der Waals surface area contributed by atoms with E-state index >= 15 is 0 Å². The molecule has 0 saturated carbocycles. The van der Waals surface area contributed by atoms with E-state index < -0.39 is 11.7 Å². The minimum atomic E-state index is -0.564. The molecule has 0 spiro atoms. The Morgan fingerprint density at radius 1 is 1.10 bits per heavy atom. The molecule has 1 aromatic rings. The number of amides is 2. The molecule has 31 heavy (non-hydrogen) atoms. The Balaban J connectivity index is 1.86. The topological polar surface area (TPSA) is 85.9 Å². The third-order valence-corrected chi connectivity index (χ3v) is 5.09. The van der Waals surface area contributed by atoms with E-state index in [0.717, 1.165) is 36.3 Å². The highest BCUT2D eigenvalue weighted by Crippen LogP contribution is 2.31. The van der Waals surface area contributed by atoms with Crippen molar-refractivity contribution in [2.45, 2.75) is 72.4 Å². The lowest BCUT2D eigenvalue weighted by atomic mass is 9.95. The molecule has 7 heteroatoms. The molecule has 1 aliphatic rings. The van der Waals surface area contributed by atoms with E-state index in [1.54, 1.807) is 27.7 Å². The largest absolute Gasteiger partial charge is 0.490 e. The Morgan fingerprint density at radius 2 is 1.77 bits per heavy atom. The van der Waals surface area contributed by atoms with Crippen LogP contribution in [0.3, 0.4) is 0 Å². The number of carbonyl (C=O) groups is 2. The number of fused-ring (bicyclic) bond motifs is 1. The predicted molar refractivity (Wildman–Crippen MR) is 121 cm³/mol. The van der Waals surface area contributed by atoms with Crippen molar-refractivity contribution in [3.63, 3.8) is 0 Å². The normalized spacial score (nSPS) is 15.6. The smallest absolute Gasteiger partial charge is 0.407 e. The third kappa shape index (κ3) is 8.67. The van der Waals surface area contributed by atoms with Crippen LogP contribution in [0.2, 0.25) is 0 Å². The number of carbonyl (C=O) groups excluding carboxylic acids is 2. The first-order valence-electron chi connectivity index (χ1n) is 11.2. The molecule has 2 rings (SSSR count). The van der Waals surface area contributed by atoms with Gasteiger partial charge in [0.15, 0.2) is 11.5 Å². The molecule has 0 aromatic heterocycles. The van der Waals surface area contributed by atoms with Gasteiger partial charge in [0.25, 0.3) is 0 Å². The minimum Gasteiger partial charge on any atom is -0.490 e. The molecular weight excluding hydrogens is 396 g/mol. The number of ether oxygens (including phenoxy) is 3. The van der Waals surface area contributed by atoms with Crippen LogP contribution < -0.4 is 20.1 Å². The van der Waals surface area contributed by atoms with Crippen LogP contribution in [0.15, 0.2) is 18.2 Å². The molecule has 2 atom stereocenters. The average molecular weight is 435 g/mol. The summed E-state index contributed by atoms with van der Waals surface area (Å²) in [5.41, 5.74) is 0.592. The van der Waals surface area contributed by atoms with Gasteiger partial charge in [-0.1, -0.05) is 26.8 Å². The van der Waals surface area contributed by atoms with Crippen LogP contribution >= 0.6 is 0 Å². The van der Waals surface area contributed by atoms with Gasteiger partial charge in [0.2, 0.25) is 5.91 Å². The van der Waals surface area contributed by atoms with Gasteiger partial charge in [-0.15, -0.1) is 0 Å². The van der Waals surface area contributed by atoms with Gasteiger partial charge in [-0.25, -0.2) is 4.79 Å². The van der Waals surface area contributed by atoms with Gasteiger partial charge < -0.3 is 24.8 Å². The summed E-state index contributed by atoms with van der Waals surface area (Å²) in [4.78, 5) is 24.5. The van der Waals surface area contributed by atoms with Crippen LogP contribution in [0.5, 0.6) is 11.5 Å². The van der Waals surface area contributed by atoms with Crippen molar-refractivity contribution in [3.05, 3.63) is 23.8 Å². The van der Waals surface area contributed by atoms with Crippen molar-refractivity contribution >= 4 is 12.0 Å². The molecule has 1 aromatic carbocycles. The first-order chi connectivity index (χ1) is 14.5. The second kappa shape index (κ2) is 11.3. The van der Waals surface area contributed by atoms with Crippen molar-refractivity contribution in [1.82, 2.24) is 10.6 Å². The molecule has 0 aliphatic carbocycles. The van der Waals surface area contributed by atoms with E-state index in [1.165, 1.54) is 0 Å². The van der Waals surface area contributed by atoms with Crippen LogP contribution in [0, 0.1) is 11.8 Å². The van der Waals surface area contributed by atoms with E-state index in [4.69, 9.17) is 14.2 Å². The van der Waals surface area contributed by atoms with Crippen LogP contribution in [0.1, 0.15) is 59.9 Å². The number of alkyl carbamates (subject to hydrolysis) is 1. The fraction of sp³-hybridized carbons (Fsp3) is 0.667. The summed E-state index contributed by atoms with van der Waals surface area (Å²) < 4.78 is 16.7. The number of rotatable bonds is 8. The Kier molecular flexibility index (Phi) is 9.01. The maximum absolute atomic E-state index is 12.7. The van der Waals surface area contributed by atoms with E-state index in [2.05, 4.69) is 30.5 Å². The van der Waals surface area contributed by atoms with Gasteiger partial charge in [0.05, 0.1) is 19.1 Å². The van der Waals surface area contributed by atoms with Gasteiger partial charge in [0.1, 0.15) is 5.60 Å². The molecule has 2 N–H and O–H groups in total. The highest BCUT2D eigenvalue weighted by molar-refractivity contribution is 5.79. The highest BCUT2D eigenvalue weighted by atomic mass is 16.6. The summed E-state index contributed by atoms with van der Waals surface area (Å²) in [6.07, 6.45) is 2.01. The third-order valence-electron chi connectivity index (χ3n) is 5.09. The fourth-order valence-electron chi connectivity index (χ4n) is 3.23. The van der Waals surface area contributed by atoms with Crippen LogP contribution in [-0.2, 0) is 16.0 Å². The first kappa shape index (κ1) is 24.8. The maximum atomic E-state index is 12.7. The van der Waals surface area contributed by atoms with E-state index in [1.807, 2.05) is 12.1 Å². The van der Waals surface area contributed by atoms with Crippen LogP contribution in [-0.4, -0.2) is 43.4 Å². The lowest BCUT2D eigenvalue weighted by molar-refractivity contribution is -0.125. The van der Waals surface area contributed by atoms with Crippen molar-refractivity contribution in [2.24, 2.45) is 11.8 Å². The van der Waals surface area contributed by atoms with Crippen molar-refractivity contribution in [3.8, 4) is 11.5 Å². The van der Waals surface area contributed by atoms with Crippen LogP contribution in [0.4, 0.5) is 4.79 Å². The molecular formula is C24H38N2O5. The van der Waals surface area contributed by atoms with Crippen molar-refractivity contribution in [2.75, 3.05) is 19.8 Å². The van der Waals surface area contributed by atoms with E-state index in [9.17, 15) is 9.59 Å². The minimum absolute atomic E-state index is 0.0347. The summed E-state index contributed by atoms with van der Waals surface area (Å²) in [5, 5.41) is 5.81. The molecule has 0 saturated heterocycles. The molecule has 0 bridgehead atoms. The number of benzene rings is 1. The fourth-order valence-corrected chi connectivity index (χ4v) is 3.23. The summed E-state index contributed by atoms with van der Waals surface area (Å²) in [6, 6.07) is 6.09. The van der Waals surface area contributed by atoms with Gasteiger partial charge in [-0.05, 0) is 57.2 Å². The molecule has 2 unspecified atom stereocenters. The second-order valence-corrected chi connectivity index (χ2v) is 9.51. The summed E-state index contributed by atoms with van der Waals surface area (Å²) in [6.45, 7) is 13.0. The summed E-state index contributed by atoms with van der Waals surface area (Å²) in [7, 11) is 0. The number of hydrogen-bond donors (Lipinski definition) is 2. The monoisotopic (exact) mass is 434 g/mol. The summed E-state index contributed by atoms with van der Waals surface area (Å²) in [5.74, 6) is 1.44. The predicted octanol–water partition coefficient (Wildman–Crippen LogP) is 4.08. The Labute approximate surface area is 186 Å². The highest BCUT2D eigenvalue weighted by Gasteiger charge is 2.22. The van der Waals surface area contributed by atoms with Crippen LogP contribution in [0.25, 0.3) is 0 Å². The second-order valence-electron chi connectivity index (χ2n) is 9.51. The molecule has 174 valence electrons. The van der Waals surface area contributed by atoms with Gasteiger partial charge in [-0.2, -0.15) is 0 Å². The quantitative estimate of drug-likeness (QED) is 0.644. The van der Waals surface area contributed by atoms with Crippen molar-refractivity contribution in [1.29, 1.82) is 0 Å². The number of hydrogen-bond acceptors (Lipinski definition) is 5. The maximum Gasteiger partial charge on any atom is 0.407 e. The molecule has 0 radical (unpaired) electrons. The zero-order chi connectivity index (χ0) is 23.0. The standard InChI is InChI=1S/C24H38N2O5/c1-16(2)19(26-22(27)17(3)15-25-23(28)31-24(4,5)6)10-8-18-9-11-20-21(14-18)30-13-7-12-29-20/h9,11,14,16-17,19H,7-8,10,12-13,15H2,1-6H3,(H,25,28)(H,26,27). The lowest BCUT2D eigenvalue weighted by Gasteiger charge is -2.25. The number of nitrogens with one attached hydrogen (secondary N) is 2. The van der Waals surface area contributed by atoms with Crippen molar-refractivity contribution < 1.29 is 23.8 Å². The van der Waals surface area contributed by atoms with E-state index in [0.29, 0.717) is 13.2 Å². The Morgan fingerprint density at radius 3 is 2.42 bits per heavy atom. The lowest BCUT2D eigenvalue weighted by Crippen LogP contribution is -2.45. The molecule has 0 fully saturated rings. The van der Waals surface area contributed by atoms with Gasteiger partial charge in [0, 0.05) is 19.0 Å². The summed E-state index contributed by atoms with van der Waals surface area (Å²) >= 11 is 0. The zero-order valence-corrected chi connectivity index (χ0v) is 19.7. The average Bonchev–Trinajstić information content (AvgIpc) is 2.92. The molecule has 7 nitrogen and oxygen atoms in total. The first-order valence-corrected chi connectivity index (χ1v) is 11.2. The zero-order valence-electron chi connectivity index (χ0n) is 19.7.